The van der Waals surface area contributed by atoms with E-state index in [1.54, 1.807) is 12.4 Å². The van der Waals surface area contributed by atoms with Crippen molar-refractivity contribution in [3.63, 3.8) is 0 Å². The van der Waals surface area contributed by atoms with E-state index in [-0.39, 0.29) is 11.9 Å². The fraction of sp³-hybridized carbons (Fsp3) is 0.389. The molecule has 1 fully saturated rings. The molecule has 1 atom stereocenters. The highest BCUT2D eigenvalue weighted by Crippen LogP contribution is 2.26. The molecular weight excluding hydrogens is 364 g/mol. The summed E-state index contributed by atoms with van der Waals surface area (Å²) in [5, 5.41) is 13.7. The first kappa shape index (κ1) is 17.9. The average molecular weight is 384 g/mol. The molecule has 140 valence electrons. The van der Waals surface area contributed by atoms with Crippen LogP contribution in [0.1, 0.15) is 11.9 Å². The van der Waals surface area contributed by atoms with Crippen molar-refractivity contribution in [2.45, 2.75) is 19.9 Å². The van der Waals surface area contributed by atoms with E-state index in [2.05, 4.69) is 37.3 Å². The molecule has 3 aromatic heterocycles. The molecule has 8 nitrogen and oxygen atoms in total. The number of hydrogen-bond acceptors (Lipinski definition) is 8. The van der Waals surface area contributed by atoms with Gasteiger partial charge in [-0.05, 0) is 26.0 Å². The number of aromatic nitrogens is 4. The number of morpholine rings is 1. The van der Waals surface area contributed by atoms with Crippen LogP contribution in [0.4, 0.5) is 5.82 Å². The third-order valence-electron chi connectivity index (χ3n) is 4.46. The third-order valence-corrected chi connectivity index (χ3v) is 5.35. The van der Waals surface area contributed by atoms with Gasteiger partial charge >= 0.3 is 0 Å². The number of nitrogens with one attached hydrogen (secondary N) is 1. The average Bonchev–Trinajstić information content (AvgIpc) is 3.09. The minimum atomic E-state index is -0.0838. The second kappa shape index (κ2) is 7.63. The van der Waals surface area contributed by atoms with Gasteiger partial charge < -0.3 is 10.1 Å². The van der Waals surface area contributed by atoms with Crippen LogP contribution >= 0.6 is 11.3 Å². The molecule has 1 unspecified atom stereocenters. The Kier molecular flexibility index (Phi) is 5.06. The minimum Gasteiger partial charge on any atom is -0.379 e. The number of hydrogen-bond donors (Lipinski definition) is 1. The summed E-state index contributed by atoms with van der Waals surface area (Å²) >= 11 is 1.52. The van der Waals surface area contributed by atoms with Gasteiger partial charge in [0.25, 0.3) is 0 Å². The van der Waals surface area contributed by atoms with Crippen LogP contribution in [0.25, 0.3) is 21.5 Å². The summed E-state index contributed by atoms with van der Waals surface area (Å²) in [4.78, 5) is 23.2. The van der Waals surface area contributed by atoms with Crippen LogP contribution in [0, 0.1) is 6.92 Å². The highest BCUT2D eigenvalue weighted by molar-refractivity contribution is 7.14. The first-order valence-electron chi connectivity index (χ1n) is 8.76. The quantitative estimate of drug-likeness (QED) is 0.736. The summed E-state index contributed by atoms with van der Waals surface area (Å²) in [7, 11) is 0. The molecule has 4 heterocycles. The molecule has 27 heavy (non-hydrogen) atoms. The van der Waals surface area contributed by atoms with Crippen LogP contribution in [0.2, 0.25) is 0 Å². The maximum Gasteiger partial charge on any atom is 0.239 e. The van der Waals surface area contributed by atoms with Crippen molar-refractivity contribution in [1.29, 1.82) is 0 Å². The van der Waals surface area contributed by atoms with Gasteiger partial charge in [0, 0.05) is 29.7 Å². The van der Waals surface area contributed by atoms with E-state index in [0.29, 0.717) is 25.6 Å². The SMILES string of the molecule is Cc1nnc(-c2cnc3cnc(NC(=O)CN4CCOCC4C)cc3c2)s1. The van der Waals surface area contributed by atoms with Gasteiger partial charge in [-0.15, -0.1) is 10.2 Å². The third kappa shape index (κ3) is 4.10. The summed E-state index contributed by atoms with van der Waals surface area (Å²) in [5.41, 5.74) is 1.67. The Morgan fingerprint density at radius 3 is 3.00 bits per heavy atom. The molecule has 0 radical (unpaired) electrons. The summed E-state index contributed by atoms with van der Waals surface area (Å²) in [5.74, 6) is 0.431. The van der Waals surface area contributed by atoms with E-state index in [1.165, 1.54) is 11.3 Å². The summed E-state index contributed by atoms with van der Waals surface area (Å²) in [6, 6.07) is 4.06. The van der Waals surface area contributed by atoms with Crippen LogP contribution in [0.5, 0.6) is 0 Å². The van der Waals surface area contributed by atoms with E-state index in [9.17, 15) is 4.79 Å². The van der Waals surface area contributed by atoms with E-state index >= 15 is 0 Å². The largest absolute Gasteiger partial charge is 0.379 e. The minimum absolute atomic E-state index is 0.0838. The van der Waals surface area contributed by atoms with E-state index in [0.717, 1.165) is 33.0 Å². The molecule has 0 aromatic carbocycles. The number of fused-ring (bicyclic) bond motifs is 1. The number of carbonyl (C=O) groups excluding carboxylic acids is 1. The second-order valence-corrected chi connectivity index (χ2v) is 7.74. The molecule has 0 spiro atoms. The first-order valence-corrected chi connectivity index (χ1v) is 9.58. The predicted molar refractivity (Wildman–Crippen MR) is 104 cm³/mol. The van der Waals surface area contributed by atoms with Crippen molar-refractivity contribution >= 4 is 34.0 Å². The van der Waals surface area contributed by atoms with Crippen LogP contribution < -0.4 is 5.32 Å². The number of carbonyl (C=O) groups is 1. The van der Waals surface area contributed by atoms with Crippen molar-refractivity contribution in [3.05, 3.63) is 29.5 Å². The van der Waals surface area contributed by atoms with Gasteiger partial charge in [-0.1, -0.05) is 11.3 Å². The van der Waals surface area contributed by atoms with Gasteiger partial charge in [-0.25, -0.2) is 4.98 Å². The van der Waals surface area contributed by atoms with Gasteiger partial charge in [-0.3, -0.25) is 14.7 Å². The molecule has 1 saturated heterocycles. The molecule has 0 bridgehead atoms. The zero-order valence-electron chi connectivity index (χ0n) is 15.2. The summed E-state index contributed by atoms with van der Waals surface area (Å²) in [6.07, 6.45) is 3.43. The van der Waals surface area contributed by atoms with Gasteiger partial charge in [0.2, 0.25) is 5.91 Å². The number of aryl methyl sites for hydroxylation is 1. The summed E-state index contributed by atoms with van der Waals surface area (Å²) in [6.45, 7) is 6.37. The Hall–Kier alpha value is -2.49. The highest BCUT2D eigenvalue weighted by Gasteiger charge is 2.21. The Morgan fingerprint density at radius 2 is 2.22 bits per heavy atom. The normalized spacial score (nSPS) is 17.9. The fourth-order valence-electron chi connectivity index (χ4n) is 2.99. The molecule has 1 amide bonds. The first-order chi connectivity index (χ1) is 13.1. The van der Waals surface area contributed by atoms with Gasteiger partial charge in [0.1, 0.15) is 15.8 Å². The molecule has 1 aliphatic heterocycles. The van der Waals surface area contributed by atoms with Crippen LogP contribution in [-0.4, -0.2) is 63.3 Å². The number of pyridine rings is 2. The second-order valence-electron chi connectivity index (χ2n) is 6.56. The molecule has 1 aliphatic rings. The van der Waals surface area contributed by atoms with Crippen molar-refractivity contribution < 1.29 is 9.53 Å². The Labute approximate surface area is 160 Å². The molecular formula is C18H20N6O2S. The zero-order valence-corrected chi connectivity index (χ0v) is 16.0. The topological polar surface area (TPSA) is 93.1 Å². The maximum atomic E-state index is 12.4. The lowest BCUT2D eigenvalue weighted by Gasteiger charge is -2.32. The van der Waals surface area contributed by atoms with Crippen LogP contribution in [0.15, 0.2) is 24.5 Å². The Bertz CT molecular complexity index is 975. The molecule has 1 N–H and O–H groups in total. The van der Waals surface area contributed by atoms with Gasteiger partial charge in [-0.2, -0.15) is 0 Å². The molecule has 4 rings (SSSR count). The Balaban J connectivity index is 1.51. The van der Waals surface area contributed by atoms with Crippen molar-refractivity contribution in [2.75, 3.05) is 31.6 Å². The highest BCUT2D eigenvalue weighted by atomic mass is 32.1. The fourth-order valence-corrected chi connectivity index (χ4v) is 3.67. The van der Waals surface area contributed by atoms with E-state index in [1.807, 2.05) is 19.1 Å². The van der Waals surface area contributed by atoms with Crippen molar-refractivity contribution in [3.8, 4) is 10.6 Å². The molecule has 9 heteroatoms. The number of nitrogens with zero attached hydrogens (tertiary/aromatic N) is 5. The summed E-state index contributed by atoms with van der Waals surface area (Å²) < 4.78 is 5.41. The smallest absolute Gasteiger partial charge is 0.239 e. The number of anilines is 1. The van der Waals surface area contributed by atoms with E-state index in [4.69, 9.17) is 4.74 Å². The van der Waals surface area contributed by atoms with Gasteiger partial charge in [0.05, 0.1) is 31.5 Å². The van der Waals surface area contributed by atoms with Crippen molar-refractivity contribution in [1.82, 2.24) is 25.1 Å². The predicted octanol–water partition coefficient (Wildman–Crippen LogP) is 2.12. The lowest BCUT2D eigenvalue weighted by atomic mass is 10.2. The van der Waals surface area contributed by atoms with E-state index < -0.39 is 0 Å². The van der Waals surface area contributed by atoms with Crippen LogP contribution in [0.3, 0.4) is 0 Å². The zero-order chi connectivity index (χ0) is 18.8. The van der Waals surface area contributed by atoms with Crippen molar-refractivity contribution in [2.24, 2.45) is 0 Å². The standard InChI is InChI=1S/C18H20N6O2S/c1-11-10-26-4-3-24(11)9-17(25)21-16-6-13-5-14(7-19-15(13)8-20-16)18-23-22-12(2)27-18/h5-8,11H,3-4,9-10H2,1-2H3,(H,20,21,25). The van der Waals surface area contributed by atoms with Crippen LogP contribution in [-0.2, 0) is 9.53 Å². The molecule has 0 aliphatic carbocycles. The maximum absolute atomic E-state index is 12.4. The number of amides is 1. The monoisotopic (exact) mass is 384 g/mol. The Morgan fingerprint density at radius 1 is 1.33 bits per heavy atom. The molecule has 3 aromatic rings. The lowest BCUT2D eigenvalue weighted by molar-refractivity contribution is -0.119. The lowest BCUT2D eigenvalue weighted by Crippen LogP contribution is -2.47. The molecule has 0 saturated carbocycles. The number of ether oxygens (including phenoxy) is 1. The van der Waals surface area contributed by atoms with Gasteiger partial charge in [0.15, 0.2) is 0 Å². The number of rotatable bonds is 4.